The molecule has 0 aliphatic carbocycles. The van der Waals surface area contributed by atoms with E-state index in [9.17, 15) is 4.79 Å². The zero-order chi connectivity index (χ0) is 18.6. The number of hydrogen-bond acceptors (Lipinski definition) is 5. The molecule has 1 aliphatic heterocycles. The van der Waals surface area contributed by atoms with Crippen LogP contribution in [-0.4, -0.2) is 51.9 Å². The number of carbonyl (C=O) groups is 1. The molecule has 0 radical (unpaired) electrons. The molecule has 1 saturated heterocycles. The Morgan fingerprint density at radius 2 is 1.89 bits per heavy atom. The van der Waals surface area contributed by atoms with Gasteiger partial charge in [0, 0.05) is 56.1 Å². The normalized spacial score (nSPS) is 15.1. The molecule has 27 heavy (non-hydrogen) atoms. The van der Waals surface area contributed by atoms with Gasteiger partial charge in [-0.25, -0.2) is 4.98 Å². The first-order chi connectivity index (χ1) is 13.2. The third kappa shape index (κ3) is 4.23. The first-order valence-corrected chi connectivity index (χ1v) is 10.00. The summed E-state index contributed by atoms with van der Waals surface area (Å²) in [5.41, 5.74) is 4.04. The van der Waals surface area contributed by atoms with Gasteiger partial charge in [-0.1, -0.05) is 35.9 Å². The van der Waals surface area contributed by atoms with Crippen molar-refractivity contribution in [1.29, 1.82) is 0 Å². The molecule has 1 aromatic carbocycles. The maximum Gasteiger partial charge on any atom is 0.273 e. The van der Waals surface area contributed by atoms with Gasteiger partial charge in [0.25, 0.3) is 5.91 Å². The summed E-state index contributed by atoms with van der Waals surface area (Å²) in [6.07, 6.45) is 3.69. The van der Waals surface area contributed by atoms with Crippen LogP contribution >= 0.6 is 11.3 Å². The third-order valence-corrected chi connectivity index (χ3v) is 5.70. The maximum absolute atomic E-state index is 12.8. The van der Waals surface area contributed by atoms with Gasteiger partial charge >= 0.3 is 0 Å². The van der Waals surface area contributed by atoms with Crippen molar-refractivity contribution in [2.24, 2.45) is 0 Å². The Labute approximate surface area is 163 Å². The van der Waals surface area contributed by atoms with Gasteiger partial charge in [-0.2, -0.15) is 0 Å². The minimum atomic E-state index is 0.0330. The molecule has 138 valence electrons. The van der Waals surface area contributed by atoms with Crippen molar-refractivity contribution in [3.05, 3.63) is 71.0 Å². The van der Waals surface area contributed by atoms with Gasteiger partial charge < -0.3 is 4.90 Å². The van der Waals surface area contributed by atoms with Crippen LogP contribution < -0.4 is 0 Å². The minimum Gasteiger partial charge on any atom is -0.335 e. The molecule has 0 saturated carbocycles. The Morgan fingerprint density at radius 1 is 1.11 bits per heavy atom. The van der Waals surface area contributed by atoms with Gasteiger partial charge in [0.1, 0.15) is 10.7 Å². The number of aromatic nitrogens is 2. The molecule has 0 atom stereocenters. The highest BCUT2D eigenvalue weighted by Crippen LogP contribution is 2.24. The molecule has 3 heterocycles. The summed E-state index contributed by atoms with van der Waals surface area (Å²) < 4.78 is 0. The van der Waals surface area contributed by atoms with Crippen molar-refractivity contribution in [3.8, 4) is 10.6 Å². The Hall–Kier alpha value is -2.57. The zero-order valence-corrected chi connectivity index (χ0v) is 16.2. The highest BCUT2D eigenvalue weighted by Gasteiger charge is 2.24. The van der Waals surface area contributed by atoms with E-state index in [0.29, 0.717) is 5.69 Å². The fourth-order valence-corrected chi connectivity index (χ4v) is 4.02. The first-order valence-electron chi connectivity index (χ1n) is 9.12. The molecule has 0 bridgehead atoms. The number of pyridine rings is 1. The van der Waals surface area contributed by atoms with Crippen LogP contribution in [0.25, 0.3) is 10.6 Å². The lowest BCUT2D eigenvalue weighted by atomic mass is 10.2. The van der Waals surface area contributed by atoms with E-state index in [0.717, 1.165) is 43.3 Å². The van der Waals surface area contributed by atoms with Crippen LogP contribution in [0.3, 0.4) is 0 Å². The molecule has 4 rings (SSSR count). The summed E-state index contributed by atoms with van der Waals surface area (Å²) in [6, 6.07) is 12.3. The van der Waals surface area contributed by atoms with Crippen LogP contribution in [-0.2, 0) is 6.54 Å². The number of benzene rings is 1. The SMILES string of the molecule is Cc1ccc(-c2nc(C(=O)N3CCN(Cc4cccnc4)CC3)cs2)cc1. The molecule has 2 aromatic heterocycles. The molecule has 0 spiro atoms. The number of carbonyl (C=O) groups excluding carboxylic acids is 1. The number of aryl methyl sites for hydroxylation is 1. The lowest BCUT2D eigenvalue weighted by molar-refractivity contribution is 0.0623. The summed E-state index contributed by atoms with van der Waals surface area (Å²) in [5.74, 6) is 0.0330. The van der Waals surface area contributed by atoms with Crippen molar-refractivity contribution < 1.29 is 4.79 Å². The number of piperazine rings is 1. The van der Waals surface area contributed by atoms with Gasteiger partial charge in [-0.3, -0.25) is 14.7 Å². The molecule has 5 nitrogen and oxygen atoms in total. The van der Waals surface area contributed by atoms with E-state index < -0.39 is 0 Å². The predicted molar refractivity (Wildman–Crippen MR) is 108 cm³/mol. The number of thiazole rings is 1. The molecule has 0 N–H and O–H groups in total. The Kier molecular flexibility index (Phi) is 5.27. The molecule has 1 amide bonds. The minimum absolute atomic E-state index is 0.0330. The number of rotatable bonds is 4. The summed E-state index contributed by atoms with van der Waals surface area (Å²) in [5, 5.41) is 2.77. The van der Waals surface area contributed by atoms with Crippen molar-refractivity contribution in [2.75, 3.05) is 26.2 Å². The van der Waals surface area contributed by atoms with Crippen molar-refractivity contribution in [3.63, 3.8) is 0 Å². The van der Waals surface area contributed by atoms with Crippen molar-refractivity contribution in [2.45, 2.75) is 13.5 Å². The second-order valence-corrected chi connectivity index (χ2v) is 7.69. The second-order valence-electron chi connectivity index (χ2n) is 6.83. The van der Waals surface area contributed by atoms with Gasteiger partial charge in [-0.05, 0) is 18.6 Å². The van der Waals surface area contributed by atoms with Crippen molar-refractivity contribution in [1.82, 2.24) is 19.8 Å². The topological polar surface area (TPSA) is 49.3 Å². The average Bonchev–Trinajstić information content (AvgIpc) is 3.20. The monoisotopic (exact) mass is 378 g/mol. The summed E-state index contributed by atoms with van der Waals surface area (Å²) in [6.45, 7) is 6.15. The van der Waals surface area contributed by atoms with E-state index in [1.165, 1.54) is 22.5 Å². The largest absolute Gasteiger partial charge is 0.335 e. The lowest BCUT2D eigenvalue weighted by Gasteiger charge is -2.34. The molecule has 3 aromatic rings. The molecular weight excluding hydrogens is 356 g/mol. The van der Waals surface area contributed by atoms with Crippen LogP contribution in [0.1, 0.15) is 21.6 Å². The highest BCUT2D eigenvalue weighted by atomic mass is 32.1. The van der Waals surface area contributed by atoms with Gasteiger partial charge in [0.15, 0.2) is 0 Å². The maximum atomic E-state index is 12.8. The summed E-state index contributed by atoms with van der Waals surface area (Å²) in [7, 11) is 0. The highest BCUT2D eigenvalue weighted by molar-refractivity contribution is 7.13. The molecule has 1 aliphatic rings. The van der Waals surface area contributed by atoms with Crippen LogP contribution in [0.2, 0.25) is 0 Å². The van der Waals surface area contributed by atoms with E-state index >= 15 is 0 Å². The number of hydrogen-bond donors (Lipinski definition) is 0. The van der Waals surface area contributed by atoms with Crippen LogP contribution in [0.4, 0.5) is 0 Å². The van der Waals surface area contributed by atoms with Crippen LogP contribution in [0.5, 0.6) is 0 Å². The standard InChI is InChI=1S/C21H22N4OS/c1-16-4-6-18(7-5-16)20-23-19(15-27-20)21(26)25-11-9-24(10-12-25)14-17-3-2-8-22-13-17/h2-8,13,15H,9-12,14H2,1H3. The fraction of sp³-hybridized carbons (Fsp3) is 0.286. The lowest BCUT2D eigenvalue weighted by Crippen LogP contribution is -2.48. The van der Waals surface area contributed by atoms with Gasteiger partial charge in [0.2, 0.25) is 0 Å². The average molecular weight is 379 g/mol. The predicted octanol–water partition coefficient (Wildman–Crippen LogP) is 3.47. The number of nitrogens with zero attached hydrogens (tertiary/aromatic N) is 4. The van der Waals surface area contributed by atoms with Crippen LogP contribution in [0.15, 0.2) is 54.2 Å². The Morgan fingerprint density at radius 3 is 2.59 bits per heavy atom. The molecule has 6 heteroatoms. The quantitative estimate of drug-likeness (QED) is 0.697. The third-order valence-electron chi connectivity index (χ3n) is 4.81. The van der Waals surface area contributed by atoms with Gasteiger partial charge in [0.05, 0.1) is 0 Å². The van der Waals surface area contributed by atoms with E-state index in [1.807, 2.05) is 22.5 Å². The van der Waals surface area contributed by atoms with E-state index in [4.69, 9.17) is 0 Å². The van der Waals surface area contributed by atoms with Gasteiger partial charge in [-0.15, -0.1) is 11.3 Å². The Bertz CT molecular complexity index is 899. The van der Waals surface area contributed by atoms with Crippen molar-refractivity contribution >= 4 is 17.2 Å². The summed E-state index contributed by atoms with van der Waals surface area (Å²) in [4.78, 5) is 25.8. The molecule has 1 fully saturated rings. The van der Waals surface area contributed by atoms with Crippen LogP contribution in [0, 0.1) is 6.92 Å². The zero-order valence-electron chi connectivity index (χ0n) is 15.3. The number of amides is 1. The second kappa shape index (κ2) is 7.98. The smallest absolute Gasteiger partial charge is 0.273 e. The Balaban J connectivity index is 1.36. The fourth-order valence-electron chi connectivity index (χ4n) is 3.22. The first kappa shape index (κ1) is 17.8. The summed E-state index contributed by atoms with van der Waals surface area (Å²) >= 11 is 1.53. The van der Waals surface area contributed by atoms with E-state index in [1.54, 1.807) is 6.20 Å². The van der Waals surface area contributed by atoms with E-state index in [2.05, 4.69) is 52.1 Å². The molecule has 0 unspecified atom stereocenters. The molecular formula is C21H22N4OS. The van der Waals surface area contributed by atoms with E-state index in [-0.39, 0.29) is 5.91 Å².